The van der Waals surface area contributed by atoms with Gasteiger partial charge in [-0.25, -0.2) is 9.59 Å². The lowest BCUT2D eigenvalue weighted by molar-refractivity contribution is -0.145. The quantitative estimate of drug-likeness (QED) is 0.821. The van der Waals surface area contributed by atoms with E-state index in [1.807, 2.05) is 4.90 Å². The van der Waals surface area contributed by atoms with Gasteiger partial charge in [-0.3, -0.25) is 0 Å². The molecule has 1 heterocycles. The van der Waals surface area contributed by atoms with Gasteiger partial charge in [0.25, 0.3) is 0 Å². The summed E-state index contributed by atoms with van der Waals surface area (Å²) >= 11 is 0. The van der Waals surface area contributed by atoms with Crippen LogP contribution in [0.15, 0.2) is 0 Å². The van der Waals surface area contributed by atoms with Crippen LogP contribution in [0, 0.1) is 0 Å². The second kappa shape index (κ2) is 7.47. The molecule has 1 saturated carbocycles. The zero-order chi connectivity index (χ0) is 14.4. The number of carbonyl (C=O) groups excluding carboxylic acids is 1. The highest BCUT2D eigenvalue weighted by molar-refractivity contribution is 5.74. The molecule has 0 bridgehead atoms. The smallest absolute Gasteiger partial charge is 0.329 e. The Morgan fingerprint density at radius 3 is 2.35 bits per heavy atom. The predicted molar refractivity (Wildman–Crippen MR) is 73.6 cm³/mol. The van der Waals surface area contributed by atoms with Crippen LogP contribution in [0.25, 0.3) is 0 Å². The summed E-state index contributed by atoms with van der Waals surface area (Å²) in [7, 11) is 0. The second-order valence-electron chi connectivity index (χ2n) is 5.68. The third-order valence-corrected chi connectivity index (χ3v) is 4.10. The number of likely N-dealkylation sites (tertiary alicyclic amines) is 1. The minimum absolute atomic E-state index is 0.0218. The molecule has 2 fully saturated rings. The molecule has 2 N–H and O–H groups in total. The fraction of sp³-hybridized carbons (Fsp3) is 0.857. The molecule has 2 aliphatic rings. The Balaban J connectivity index is 1.67. The molecule has 2 rings (SSSR count). The zero-order valence-electron chi connectivity index (χ0n) is 11.8. The molecule has 0 aromatic heterocycles. The number of carboxylic acid groups (broad SMARTS) is 1. The Kier molecular flexibility index (Phi) is 5.64. The van der Waals surface area contributed by atoms with E-state index in [2.05, 4.69) is 5.32 Å². The first-order valence-corrected chi connectivity index (χ1v) is 7.54. The maximum Gasteiger partial charge on any atom is 0.329 e. The molecule has 0 unspecified atom stereocenters. The van der Waals surface area contributed by atoms with Crippen molar-refractivity contribution in [2.45, 2.75) is 57.1 Å². The van der Waals surface area contributed by atoms with Crippen molar-refractivity contribution in [1.82, 2.24) is 10.2 Å². The highest BCUT2D eigenvalue weighted by atomic mass is 16.5. The van der Waals surface area contributed by atoms with Gasteiger partial charge in [-0.05, 0) is 25.7 Å². The number of amides is 2. The van der Waals surface area contributed by atoms with Gasteiger partial charge in [0.1, 0.15) is 6.61 Å². The number of hydrogen-bond donors (Lipinski definition) is 2. The highest BCUT2D eigenvalue weighted by Crippen LogP contribution is 2.18. The van der Waals surface area contributed by atoms with Crippen LogP contribution >= 0.6 is 0 Å². The maximum atomic E-state index is 12.1. The molecule has 1 saturated heterocycles. The van der Waals surface area contributed by atoms with Gasteiger partial charge in [-0.1, -0.05) is 19.3 Å². The van der Waals surface area contributed by atoms with Crippen molar-refractivity contribution in [3.8, 4) is 0 Å². The van der Waals surface area contributed by atoms with Crippen molar-refractivity contribution in [1.29, 1.82) is 0 Å². The molecule has 0 radical (unpaired) electrons. The number of urea groups is 1. The van der Waals surface area contributed by atoms with Crippen LogP contribution in [-0.2, 0) is 9.53 Å². The van der Waals surface area contributed by atoms with Crippen molar-refractivity contribution in [2.24, 2.45) is 0 Å². The summed E-state index contributed by atoms with van der Waals surface area (Å²) in [6.07, 6.45) is 7.25. The largest absolute Gasteiger partial charge is 0.480 e. The number of carbonyl (C=O) groups is 2. The average Bonchev–Trinajstić information content (AvgIpc) is 2.46. The molecule has 1 aliphatic heterocycles. The molecule has 0 atom stereocenters. The second-order valence-corrected chi connectivity index (χ2v) is 5.68. The summed E-state index contributed by atoms with van der Waals surface area (Å²) in [4.78, 5) is 24.4. The summed E-state index contributed by atoms with van der Waals surface area (Å²) in [5.41, 5.74) is 0. The van der Waals surface area contributed by atoms with Gasteiger partial charge in [0.05, 0.1) is 6.10 Å². The first-order valence-electron chi connectivity index (χ1n) is 7.54. The van der Waals surface area contributed by atoms with Gasteiger partial charge in [-0.15, -0.1) is 0 Å². The van der Waals surface area contributed by atoms with Crippen LogP contribution in [0.1, 0.15) is 44.9 Å². The number of aliphatic carboxylic acids is 1. The van der Waals surface area contributed by atoms with Crippen LogP contribution in [0.2, 0.25) is 0 Å². The lowest BCUT2D eigenvalue weighted by Crippen LogP contribution is -2.49. The minimum atomic E-state index is -0.942. The van der Waals surface area contributed by atoms with E-state index in [4.69, 9.17) is 9.84 Å². The van der Waals surface area contributed by atoms with Crippen LogP contribution in [-0.4, -0.2) is 53.8 Å². The first kappa shape index (κ1) is 15.1. The Labute approximate surface area is 119 Å². The Morgan fingerprint density at radius 2 is 1.75 bits per heavy atom. The van der Waals surface area contributed by atoms with E-state index in [1.165, 1.54) is 19.3 Å². The van der Waals surface area contributed by atoms with E-state index >= 15 is 0 Å². The summed E-state index contributed by atoms with van der Waals surface area (Å²) < 4.78 is 5.26. The van der Waals surface area contributed by atoms with Crippen molar-refractivity contribution in [3.05, 3.63) is 0 Å². The molecule has 6 heteroatoms. The van der Waals surface area contributed by atoms with Crippen molar-refractivity contribution < 1.29 is 19.4 Å². The summed E-state index contributed by atoms with van der Waals surface area (Å²) in [5, 5.41) is 11.7. The van der Waals surface area contributed by atoms with Crippen LogP contribution < -0.4 is 5.32 Å². The highest BCUT2D eigenvalue weighted by Gasteiger charge is 2.25. The zero-order valence-corrected chi connectivity index (χ0v) is 11.8. The molecule has 6 nitrogen and oxygen atoms in total. The van der Waals surface area contributed by atoms with E-state index in [0.717, 1.165) is 12.8 Å². The van der Waals surface area contributed by atoms with Crippen molar-refractivity contribution >= 4 is 12.0 Å². The van der Waals surface area contributed by atoms with Gasteiger partial charge < -0.3 is 20.1 Å². The minimum Gasteiger partial charge on any atom is -0.480 e. The number of ether oxygens (including phenoxy) is 1. The van der Waals surface area contributed by atoms with Gasteiger partial charge in [-0.2, -0.15) is 0 Å². The molecular weight excluding hydrogens is 260 g/mol. The Bertz CT molecular complexity index is 334. The summed E-state index contributed by atoms with van der Waals surface area (Å²) in [6.45, 7) is 1.03. The third kappa shape index (κ3) is 4.67. The normalized spacial score (nSPS) is 21.7. The fourth-order valence-corrected chi connectivity index (χ4v) is 2.93. The van der Waals surface area contributed by atoms with Gasteiger partial charge in [0, 0.05) is 19.1 Å². The Hall–Kier alpha value is -1.30. The first-order chi connectivity index (χ1) is 9.65. The molecule has 0 aromatic carbocycles. The number of nitrogens with one attached hydrogen (secondary N) is 1. The molecule has 2 amide bonds. The fourth-order valence-electron chi connectivity index (χ4n) is 2.93. The van der Waals surface area contributed by atoms with E-state index in [9.17, 15) is 9.59 Å². The van der Waals surface area contributed by atoms with E-state index < -0.39 is 5.97 Å². The van der Waals surface area contributed by atoms with Gasteiger partial charge in [0.2, 0.25) is 0 Å². The Morgan fingerprint density at radius 1 is 1.10 bits per heavy atom. The third-order valence-electron chi connectivity index (χ3n) is 4.10. The predicted octanol–water partition coefficient (Wildman–Crippen LogP) is 1.59. The van der Waals surface area contributed by atoms with E-state index in [1.54, 1.807) is 0 Å². The number of piperidine rings is 1. The molecular formula is C14H24N2O4. The molecule has 1 aliphatic carbocycles. The molecule has 20 heavy (non-hydrogen) atoms. The van der Waals surface area contributed by atoms with Crippen LogP contribution in [0.3, 0.4) is 0 Å². The van der Waals surface area contributed by atoms with E-state index in [-0.39, 0.29) is 18.7 Å². The van der Waals surface area contributed by atoms with Crippen molar-refractivity contribution in [2.75, 3.05) is 19.7 Å². The van der Waals surface area contributed by atoms with E-state index in [0.29, 0.717) is 32.0 Å². The number of carboxylic acids is 1. The SMILES string of the molecule is O=C(O)COC1CCN(C(=O)NC2CCCCC2)CC1. The lowest BCUT2D eigenvalue weighted by Gasteiger charge is -2.33. The van der Waals surface area contributed by atoms with Crippen LogP contribution in [0.4, 0.5) is 4.79 Å². The summed E-state index contributed by atoms with van der Waals surface area (Å²) in [5.74, 6) is -0.942. The van der Waals surface area contributed by atoms with Gasteiger partial charge in [0.15, 0.2) is 0 Å². The molecule has 114 valence electrons. The number of rotatable bonds is 4. The monoisotopic (exact) mass is 284 g/mol. The van der Waals surface area contributed by atoms with Crippen molar-refractivity contribution in [3.63, 3.8) is 0 Å². The number of nitrogens with zero attached hydrogens (tertiary/aromatic N) is 1. The summed E-state index contributed by atoms with van der Waals surface area (Å²) in [6, 6.07) is 0.353. The molecule has 0 spiro atoms. The topological polar surface area (TPSA) is 78.9 Å². The average molecular weight is 284 g/mol. The lowest BCUT2D eigenvalue weighted by atomic mass is 9.96. The maximum absolute atomic E-state index is 12.1. The standard InChI is InChI=1S/C14H24N2O4/c17-13(18)10-20-12-6-8-16(9-7-12)14(19)15-11-4-2-1-3-5-11/h11-12H,1-10H2,(H,15,19)(H,17,18). The van der Waals surface area contributed by atoms with Crippen LogP contribution in [0.5, 0.6) is 0 Å². The number of hydrogen-bond acceptors (Lipinski definition) is 3. The van der Waals surface area contributed by atoms with Gasteiger partial charge >= 0.3 is 12.0 Å². The molecule has 0 aromatic rings.